The van der Waals surface area contributed by atoms with Gasteiger partial charge in [0.1, 0.15) is 5.60 Å². The second-order valence-corrected chi connectivity index (χ2v) is 12.9. The lowest BCUT2D eigenvalue weighted by molar-refractivity contribution is -0.131. The Morgan fingerprint density at radius 1 is 0.900 bits per heavy atom. The topological polar surface area (TPSA) is 59.1 Å². The van der Waals surface area contributed by atoms with Crippen molar-refractivity contribution in [3.05, 3.63) is 48.0 Å². The molecule has 4 rings (SSSR count). The Morgan fingerprint density at radius 2 is 1.62 bits per heavy atom. The smallest absolute Gasteiger partial charge is 0.410 e. The molecule has 1 aliphatic carbocycles. The predicted octanol–water partition coefficient (Wildman–Crippen LogP) is 7.24. The first-order valence-corrected chi connectivity index (χ1v) is 15.6. The number of unbranched alkanes of at least 4 members (excludes halogenated alkanes) is 1. The number of carbonyl (C=O) groups is 2. The van der Waals surface area contributed by atoms with Gasteiger partial charge in [0.15, 0.2) is 0 Å². The van der Waals surface area contributed by atoms with Crippen molar-refractivity contribution in [2.45, 2.75) is 90.6 Å². The SMILES string of the molecule is CC(C)(C)OC(=O)N(CCCCOCC1CCCCC1)CC1CCN(C(=O)Cc2cccc3ccccc23)CC1. The summed E-state index contributed by atoms with van der Waals surface area (Å²) in [5.74, 6) is 1.29. The first kappa shape index (κ1) is 30.4. The molecule has 2 aliphatic rings. The Morgan fingerprint density at radius 3 is 2.38 bits per heavy atom. The maximum Gasteiger partial charge on any atom is 0.410 e. The lowest BCUT2D eigenvalue weighted by Gasteiger charge is -2.35. The Hall–Kier alpha value is -2.60. The van der Waals surface area contributed by atoms with Crippen molar-refractivity contribution in [1.82, 2.24) is 9.80 Å². The number of likely N-dealkylation sites (tertiary alicyclic amines) is 1. The molecule has 0 spiro atoms. The molecule has 2 amide bonds. The van der Waals surface area contributed by atoms with Crippen LogP contribution in [0.2, 0.25) is 0 Å². The van der Waals surface area contributed by atoms with Crippen molar-refractivity contribution >= 4 is 22.8 Å². The molecule has 0 radical (unpaired) electrons. The largest absolute Gasteiger partial charge is 0.444 e. The van der Waals surface area contributed by atoms with Crippen LogP contribution in [0.5, 0.6) is 0 Å². The molecule has 1 aliphatic heterocycles. The summed E-state index contributed by atoms with van der Waals surface area (Å²) in [7, 11) is 0. The highest BCUT2D eigenvalue weighted by molar-refractivity contribution is 5.90. The third-order valence-corrected chi connectivity index (χ3v) is 8.36. The Bertz CT molecular complexity index is 1080. The number of nitrogens with zero attached hydrogens (tertiary/aromatic N) is 2. The number of hydrogen-bond acceptors (Lipinski definition) is 4. The van der Waals surface area contributed by atoms with E-state index in [4.69, 9.17) is 9.47 Å². The summed E-state index contributed by atoms with van der Waals surface area (Å²) in [5.41, 5.74) is 0.569. The number of piperidine rings is 1. The molecule has 0 bridgehead atoms. The van der Waals surface area contributed by atoms with Crippen LogP contribution in [0.1, 0.15) is 84.1 Å². The van der Waals surface area contributed by atoms with Crippen LogP contribution in [0.25, 0.3) is 10.8 Å². The first-order valence-electron chi connectivity index (χ1n) is 15.6. The standard InChI is InChI=1S/C34H50N2O4/c1-34(2,3)40-33(38)36(20-9-10-23-39-26-28-12-5-4-6-13-28)25-27-18-21-35(22-19-27)32(37)24-30-16-11-15-29-14-7-8-17-31(29)30/h7-8,11,14-17,27-28H,4-6,9-10,12-13,18-26H2,1-3H3. The van der Waals surface area contributed by atoms with E-state index in [0.717, 1.165) is 68.9 Å². The minimum Gasteiger partial charge on any atom is -0.444 e. The van der Waals surface area contributed by atoms with Gasteiger partial charge in [0, 0.05) is 39.4 Å². The van der Waals surface area contributed by atoms with Crippen LogP contribution in [0.3, 0.4) is 0 Å². The van der Waals surface area contributed by atoms with Gasteiger partial charge in [0.05, 0.1) is 6.42 Å². The van der Waals surface area contributed by atoms with E-state index >= 15 is 0 Å². The van der Waals surface area contributed by atoms with Crippen LogP contribution in [0, 0.1) is 11.8 Å². The Balaban J connectivity index is 1.22. The molecular weight excluding hydrogens is 500 g/mol. The summed E-state index contributed by atoms with van der Waals surface area (Å²) >= 11 is 0. The van der Waals surface area contributed by atoms with Crippen molar-refractivity contribution in [3.8, 4) is 0 Å². The lowest BCUT2D eigenvalue weighted by Crippen LogP contribution is -2.44. The number of carbonyl (C=O) groups excluding carboxylic acids is 2. The fourth-order valence-electron chi connectivity index (χ4n) is 6.09. The van der Waals surface area contributed by atoms with Crippen LogP contribution in [0.15, 0.2) is 42.5 Å². The van der Waals surface area contributed by atoms with Crippen molar-refractivity contribution in [2.75, 3.05) is 39.4 Å². The number of rotatable bonds is 11. The first-order chi connectivity index (χ1) is 19.3. The van der Waals surface area contributed by atoms with Crippen LogP contribution in [0.4, 0.5) is 4.79 Å². The normalized spacial score (nSPS) is 17.2. The highest BCUT2D eigenvalue weighted by Crippen LogP contribution is 2.25. The van der Waals surface area contributed by atoms with E-state index < -0.39 is 5.60 Å². The van der Waals surface area contributed by atoms with Crippen molar-refractivity contribution in [1.29, 1.82) is 0 Å². The van der Waals surface area contributed by atoms with E-state index in [2.05, 4.69) is 24.3 Å². The minimum absolute atomic E-state index is 0.187. The summed E-state index contributed by atoms with van der Waals surface area (Å²) < 4.78 is 11.7. The summed E-state index contributed by atoms with van der Waals surface area (Å²) in [6, 6.07) is 14.4. The van der Waals surface area contributed by atoms with Gasteiger partial charge >= 0.3 is 6.09 Å². The van der Waals surface area contributed by atoms with E-state index in [1.54, 1.807) is 0 Å². The third kappa shape index (κ3) is 9.50. The Kier molecular flexibility index (Phi) is 11.3. The van der Waals surface area contributed by atoms with Crippen molar-refractivity contribution in [3.63, 3.8) is 0 Å². The summed E-state index contributed by atoms with van der Waals surface area (Å²) in [4.78, 5) is 30.1. The predicted molar refractivity (Wildman–Crippen MR) is 161 cm³/mol. The van der Waals surface area contributed by atoms with Gasteiger partial charge in [0.2, 0.25) is 5.91 Å². The van der Waals surface area contributed by atoms with Crippen LogP contribution in [-0.4, -0.2) is 66.8 Å². The Labute approximate surface area is 241 Å². The second-order valence-electron chi connectivity index (χ2n) is 12.9. The number of hydrogen-bond donors (Lipinski definition) is 0. The zero-order valence-corrected chi connectivity index (χ0v) is 25.0. The number of amides is 2. The van der Waals surface area contributed by atoms with Crippen molar-refractivity contribution in [2.24, 2.45) is 11.8 Å². The maximum atomic E-state index is 13.2. The van der Waals surface area contributed by atoms with Gasteiger partial charge in [0.25, 0.3) is 0 Å². The van der Waals surface area contributed by atoms with Crippen LogP contribution >= 0.6 is 0 Å². The summed E-state index contributed by atoms with van der Waals surface area (Å²) in [5, 5.41) is 2.32. The van der Waals surface area contributed by atoms with E-state index in [1.165, 1.54) is 37.5 Å². The number of fused-ring (bicyclic) bond motifs is 1. The molecule has 1 saturated carbocycles. The van der Waals surface area contributed by atoms with E-state index in [0.29, 0.717) is 25.4 Å². The van der Waals surface area contributed by atoms with E-state index in [9.17, 15) is 9.59 Å². The minimum atomic E-state index is -0.518. The molecule has 1 heterocycles. The maximum absolute atomic E-state index is 13.2. The van der Waals surface area contributed by atoms with Crippen LogP contribution < -0.4 is 0 Å². The second kappa shape index (κ2) is 14.9. The number of benzene rings is 2. The molecule has 1 saturated heterocycles. The van der Waals surface area contributed by atoms with Gasteiger partial charge < -0.3 is 19.3 Å². The quantitative estimate of drug-likeness (QED) is 0.277. The molecular formula is C34H50N2O4. The van der Waals surface area contributed by atoms with Gasteiger partial charge in [-0.1, -0.05) is 61.7 Å². The molecule has 2 fully saturated rings. The van der Waals surface area contributed by atoms with E-state index in [1.807, 2.05) is 48.8 Å². The monoisotopic (exact) mass is 550 g/mol. The number of ether oxygens (including phenoxy) is 2. The highest BCUT2D eigenvalue weighted by Gasteiger charge is 2.28. The van der Waals surface area contributed by atoms with Gasteiger partial charge in [-0.05, 0) is 87.5 Å². The highest BCUT2D eigenvalue weighted by atomic mass is 16.6. The van der Waals surface area contributed by atoms with Crippen LogP contribution in [-0.2, 0) is 20.7 Å². The van der Waals surface area contributed by atoms with Crippen molar-refractivity contribution < 1.29 is 19.1 Å². The molecule has 6 heteroatoms. The molecule has 0 N–H and O–H groups in total. The summed E-state index contributed by atoms with van der Waals surface area (Å²) in [6.45, 7) is 10.2. The molecule has 6 nitrogen and oxygen atoms in total. The zero-order chi connectivity index (χ0) is 28.4. The van der Waals surface area contributed by atoms with Gasteiger partial charge in [-0.2, -0.15) is 0 Å². The molecule has 0 aromatic heterocycles. The molecule has 2 aromatic rings. The summed E-state index contributed by atoms with van der Waals surface area (Å²) in [6.07, 6.45) is 10.5. The van der Waals surface area contributed by atoms with Gasteiger partial charge in [-0.15, -0.1) is 0 Å². The molecule has 40 heavy (non-hydrogen) atoms. The lowest BCUT2D eigenvalue weighted by atomic mass is 9.90. The van der Waals surface area contributed by atoms with E-state index in [-0.39, 0.29) is 12.0 Å². The molecule has 220 valence electrons. The molecule has 0 unspecified atom stereocenters. The molecule has 2 aromatic carbocycles. The average Bonchev–Trinajstić information content (AvgIpc) is 2.94. The van der Waals surface area contributed by atoms with Gasteiger partial charge in [-0.3, -0.25) is 4.79 Å². The average molecular weight is 551 g/mol. The third-order valence-electron chi connectivity index (χ3n) is 8.36. The zero-order valence-electron chi connectivity index (χ0n) is 25.0. The van der Waals surface area contributed by atoms with Gasteiger partial charge in [-0.25, -0.2) is 4.79 Å². The fraction of sp³-hybridized carbons (Fsp3) is 0.647. The fourth-order valence-corrected chi connectivity index (χ4v) is 6.09. The molecule has 0 atom stereocenters.